The zero-order valence-electron chi connectivity index (χ0n) is 16.6. The molecule has 0 aliphatic heterocycles. The van der Waals surface area contributed by atoms with Crippen LogP contribution in [-0.4, -0.2) is 21.9 Å². The number of hydrogen-bond donors (Lipinski definition) is 2. The first-order chi connectivity index (χ1) is 12.5. The molecule has 2 aromatic rings. The quantitative estimate of drug-likeness (QED) is 0.821. The third-order valence-corrected chi connectivity index (χ3v) is 4.99. The average molecular weight is 390 g/mol. The van der Waals surface area contributed by atoms with Crippen LogP contribution in [0.1, 0.15) is 79.2 Å². The Kier molecular flexibility index (Phi) is 6.26. The Labute approximate surface area is 163 Å². The highest BCUT2D eigenvalue weighted by atomic mass is 32.1. The predicted octanol–water partition coefficient (Wildman–Crippen LogP) is 3.51. The number of aromatic nitrogens is 1. The number of amides is 2. The van der Waals surface area contributed by atoms with E-state index in [0.717, 1.165) is 4.88 Å². The lowest BCUT2D eigenvalue weighted by molar-refractivity contribution is 0.0917. The maximum absolute atomic E-state index is 12.8. The van der Waals surface area contributed by atoms with Crippen molar-refractivity contribution in [3.05, 3.63) is 56.1 Å². The molecule has 0 aromatic carbocycles. The molecule has 2 aromatic heterocycles. The molecule has 0 saturated heterocycles. The van der Waals surface area contributed by atoms with Gasteiger partial charge in [0.15, 0.2) is 0 Å². The second kappa shape index (κ2) is 8.08. The third-order valence-electron chi connectivity index (χ3n) is 3.94. The summed E-state index contributed by atoms with van der Waals surface area (Å²) in [5, 5.41) is 7.57. The fourth-order valence-corrected chi connectivity index (χ4v) is 3.24. The lowest BCUT2D eigenvalue weighted by atomic mass is 10.1. The lowest BCUT2D eigenvalue weighted by Crippen LogP contribution is -2.43. The van der Waals surface area contributed by atoms with Gasteiger partial charge in [-0.3, -0.25) is 14.4 Å². The van der Waals surface area contributed by atoms with E-state index >= 15 is 0 Å². The zero-order chi connectivity index (χ0) is 20.4. The van der Waals surface area contributed by atoms with E-state index in [2.05, 4.69) is 10.6 Å². The van der Waals surface area contributed by atoms with Gasteiger partial charge < -0.3 is 15.2 Å². The Morgan fingerprint density at radius 1 is 1.07 bits per heavy atom. The first-order valence-corrected chi connectivity index (χ1v) is 9.80. The maximum Gasteiger partial charge on any atom is 0.257 e. The fourth-order valence-electron chi connectivity index (χ4n) is 2.51. The van der Waals surface area contributed by atoms with Crippen molar-refractivity contribution in [2.24, 2.45) is 0 Å². The molecule has 2 N–H and O–H groups in total. The number of thiophene rings is 1. The van der Waals surface area contributed by atoms with E-state index in [1.54, 1.807) is 4.57 Å². The number of rotatable bonds is 5. The molecule has 6 nitrogen and oxygen atoms in total. The van der Waals surface area contributed by atoms with E-state index in [-0.39, 0.29) is 23.2 Å². The summed E-state index contributed by atoms with van der Waals surface area (Å²) in [7, 11) is 0. The highest BCUT2D eigenvalue weighted by molar-refractivity contribution is 7.10. The molecule has 2 amide bonds. The zero-order valence-corrected chi connectivity index (χ0v) is 17.4. The highest BCUT2D eigenvalue weighted by Crippen LogP contribution is 2.18. The van der Waals surface area contributed by atoms with Crippen LogP contribution in [-0.2, 0) is 0 Å². The smallest absolute Gasteiger partial charge is 0.257 e. The molecular weight excluding hydrogens is 362 g/mol. The molecule has 0 saturated carbocycles. The number of nitrogens with zero attached hydrogens (tertiary/aromatic N) is 1. The van der Waals surface area contributed by atoms with Crippen molar-refractivity contribution in [3.8, 4) is 0 Å². The van der Waals surface area contributed by atoms with Gasteiger partial charge in [0, 0.05) is 28.9 Å². The Hall–Kier alpha value is -2.41. The summed E-state index contributed by atoms with van der Waals surface area (Å²) in [6, 6.07) is 3.60. The maximum atomic E-state index is 12.8. The number of carbonyl (C=O) groups is 2. The van der Waals surface area contributed by atoms with Crippen molar-refractivity contribution in [3.63, 3.8) is 0 Å². The van der Waals surface area contributed by atoms with Gasteiger partial charge in [0.1, 0.15) is 11.1 Å². The van der Waals surface area contributed by atoms with Crippen molar-refractivity contribution in [1.29, 1.82) is 0 Å². The van der Waals surface area contributed by atoms with E-state index in [0.29, 0.717) is 0 Å². The molecule has 2 heterocycles. The van der Waals surface area contributed by atoms with Crippen LogP contribution >= 0.6 is 11.3 Å². The molecule has 0 aliphatic rings. The van der Waals surface area contributed by atoms with Crippen LogP contribution in [0.2, 0.25) is 0 Å². The molecule has 27 heavy (non-hydrogen) atoms. The van der Waals surface area contributed by atoms with Gasteiger partial charge in [0.2, 0.25) is 5.43 Å². The van der Waals surface area contributed by atoms with Gasteiger partial charge in [-0.2, -0.15) is 0 Å². The molecule has 0 fully saturated rings. The topological polar surface area (TPSA) is 80.2 Å². The number of pyridine rings is 1. The minimum Gasteiger partial charge on any atom is -0.350 e. The lowest BCUT2D eigenvalue weighted by Gasteiger charge is -2.21. The van der Waals surface area contributed by atoms with Gasteiger partial charge in [0.05, 0.1) is 6.04 Å². The van der Waals surface area contributed by atoms with Crippen molar-refractivity contribution < 1.29 is 9.59 Å². The van der Waals surface area contributed by atoms with Crippen molar-refractivity contribution in [2.45, 2.75) is 59.2 Å². The van der Waals surface area contributed by atoms with Gasteiger partial charge in [0.25, 0.3) is 11.8 Å². The standard InChI is InChI=1S/C20H27N3O3S/c1-12(2)23-10-14(18(25)21-13(3)16-8-7-9-27-16)17(24)15(11-23)19(26)22-20(4,5)6/h7-13H,1-6H3,(H,21,25)(H,22,26). The van der Waals surface area contributed by atoms with Crippen LogP contribution in [0.3, 0.4) is 0 Å². The summed E-state index contributed by atoms with van der Waals surface area (Å²) in [6.07, 6.45) is 3.02. The molecule has 0 aliphatic carbocycles. The minimum absolute atomic E-state index is 0.00643. The molecule has 0 bridgehead atoms. The highest BCUT2D eigenvalue weighted by Gasteiger charge is 2.23. The Morgan fingerprint density at radius 2 is 1.67 bits per heavy atom. The predicted molar refractivity (Wildman–Crippen MR) is 109 cm³/mol. The van der Waals surface area contributed by atoms with Crippen molar-refractivity contribution in [1.82, 2.24) is 15.2 Å². The summed E-state index contributed by atoms with van der Waals surface area (Å²) in [6.45, 7) is 11.2. The first-order valence-electron chi connectivity index (χ1n) is 8.92. The summed E-state index contributed by atoms with van der Waals surface area (Å²) in [4.78, 5) is 39.2. The summed E-state index contributed by atoms with van der Waals surface area (Å²) < 4.78 is 1.71. The molecule has 0 spiro atoms. The fraction of sp³-hybridized carbons (Fsp3) is 0.450. The third kappa shape index (κ3) is 5.29. The number of hydrogen-bond acceptors (Lipinski definition) is 4. The van der Waals surface area contributed by atoms with Crippen molar-refractivity contribution in [2.75, 3.05) is 0 Å². The van der Waals surface area contributed by atoms with Crippen LogP contribution in [0.5, 0.6) is 0 Å². The van der Waals surface area contributed by atoms with Gasteiger partial charge in [-0.1, -0.05) is 6.07 Å². The van der Waals surface area contributed by atoms with Crippen LogP contribution in [0.4, 0.5) is 0 Å². The van der Waals surface area contributed by atoms with E-state index < -0.39 is 22.8 Å². The molecule has 7 heteroatoms. The molecular formula is C20H27N3O3S. The average Bonchev–Trinajstić information content (AvgIpc) is 3.07. The first kappa shape index (κ1) is 20.9. The summed E-state index contributed by atoms with van der Waals surface area (Å²) >= 11 is 1.53. The molecule has 2 rings (SSSR count). The Balaban J connectivity index is 2.41. The van der Waals surface area contributed by atoms with Gasteiger partial charge in [-0.05, 0) is 53.0 Å². The van der Waals surface area contributed by atoms with Crippen LogP contribution in [0.15, 0.2) is 34.7 Å². The van der Waals surface area contributed by atoms with Crippen LogP contribution in [0, 0.1) is 0 Å². The van der Waals surface area contributed by atoms with Crippen LogP contribution < -0.4 is 16.1 Å². The Bertz CT molecular complexity index is 877. The van der Waals surface area contributed by atoms with E-state index in [9.17, 15) is 14.4 Å². The molecule has 0 radical (unpaired) electrons. The molecule has 1 unspecified atom stereocenters. The number of carbonyl (C=O) groups excluding carboxylic acids is 2. The SMILES string of the molecule is CC(NC(=O)c1cn(C(C)C)cc(C(=O)NC(C)(C)C)c1=O)c1cccs1. The monoisotopic (exact) mass is 389 g/mol. The van der Waals surface area contributed by atoms with E-state index in [1.807, 2.05) is 59.1 Å². The molecule has 146 valence electrons. The normalized spacial score (nSPS) is 12.7. The Morgan fingerprint density at radius 3 is 2.15 bits per heavy atom. The summed E-state index contributed by atoms with van der Waals surface area (Å²) in [5.41, 5.74) is -1.12. The van der Waals surface area contributed by atoms with Crippen molar-refractivity contribution >= 4 is 23.2 Å². The molecule has 1 atom stereocenters. The minimum atomic E-state index is -0.565. The van der Waals surface area contributed by atoms with Gasteiger partial charge in [-0.25, -0.2) is 0 Å². The second-order valence-corrected chi connectivity index (χ2v) is 8.85. The van der Waals surface area contributed by atoms with E-state index in [1.165, 1.54) is 23.7 Å². The van der Waals surface area contributed by atoms with Gasteiger partial charge >= 0.3 is 0 Å². The van der Waals surface area contributed by atoms with Crippen LogP contribution in [0.25, 0.3) is 0 Å². The largest absolute Gasteiger partial charge is 0.350 e. The number of nitrogens with one attached hydrogen (secondary N) is 2. The second-order valence-electron chi connectivity index (χ2n) is 7.87. The van der Waals surface area contributed by atoms with E-state index in [4.69, 9.17) is 0 Å². The van der Waals surface area contributed by atoms with Gasteiger partial charge in [-0.15, -0.1) is 11.3 Å². The summed E-state index contributed by atoms with van der Waals surface area (Å²) in [5.74, 6) is -0.969.